The van der Waals surface area contributed by atoms with Gasteiger partial charge in [-0.25, -0.2) is 0 Å². The molecule has 0 radical (unpaired) electrons. The van der Waals surface area contributed by atoms with Crippen molar-refractivity contribution >= 4 is 18.2 Å². The van der Waals surface area contributed by atoms with Gasteiger partial charge in [0, 0.05) is 0 Å². The van der Waals surface area contributed by atoms with Gasteiger partial charge in [0.25, 0.3) is 0 Å². The van der Waals surface area contributed by atoms with Gasteiger partial charge in [-0.05, 0) is 53.5 Å². The van der Waals surface area contributed by atoms with Crippen LogP contribution in [-0.2, 0) is 0 Å². The maximum absolute atomic E-state index is 4.20. The van der Waals surface area contributed by atoms with Gasteiger partial charge in [-0.3, -0.25) is 0 Å². The summed E-state index contributed by atoms with van der Waals surface area (Å²) in [5, 5.41) is 2.15. The molecule has 0 aliphatic carbocycles. The van der Waals surface area contributed by atoms with Crippen LogP contribution in [0.3, 0.4) is 0 Å². The smallest absolute Gasteiger partial charge is 0.0146 e. The highest BCUT2D eigenvalue weighted by atomic mass is 14.1. The maximum atomic E-state index is 4.20. The van der Waals surface area contributed by atoms with E-state index >= 15 is 0 Å². The molecule has 0 atom stereocenters. The zero-order valence-corrected chi connectivity index (χ0v) is 13.3. The predicted molar refractivity (Wildman–Crippen MR) is 97.4 cm³/mol. The summed E-state index contributed by atoms with van der Waals surface area (Å²) in [5.41, 5.74) is 4.67. The van der Waals surface area contributed by atoms with Gasteiger partial charge in [0.05, 0.1) is 0 Å². The molecule has 1 aromatic carbocycles. The molecule has 0 N–H and O–H groups in total. The van der Waals surface area contributed by atoms with Crippen LogP contribution < -0.4 is 10.4 Å². The summed E-state index contributed by atoms with van der Waals surface area (Å²) in [6.07, 6.45) is 13.9. The first-order valence-electron chi connectivity index (χ1n) is 7.14. The first-order valence-corrected chi connectivity index (χ1v) is 7.14. The molecule has 0 aromatic heterocycles. The largest absolute Gasteiger partial charge is 0.0990 e. The summed E-state index contributed by atoms with van der Waals surface area (Å²) in [4.78, 5) is 0. The van der Waals surface area contributed by atoms with E-state index in [0.29, 0.717) is 0 Å². The van der Waals surface area contributed by atoms with Crippen LogP contribution in [0.15, 0.2) is 67.3 Å². The summed E-state index contributed by atoms with van der Waals surface area (Å²) in [6, 6.07) is 4.23. The zero-order valence-electron chi connectivity index (χ0n) is 13.3. The molecule has 0 aliphatic rings. The van der Waals surface area contributed by atoms with Crippen molar-refractivity contribution in [3.8, 4) is 0 Å². The monoisotopic (exact) mass is 276 g/mol. The van der Waals surface area contributed by atoms with Gasteiger partial charge < -0.3 is 0 Å². The van der Waals surface area contributed by atoms with Crippen LogP contribution in [-0.4, -0.2) is 0 Å². The van der Waals surface area contributed by atoms with E-state index in [9.17, 15) is 0 Å². The van der Waals surface area contributed by atoms with E-state index in [-0.39, 0.29) is 0 Å². The van der Waals surface area contributed by atoms with Crippen LogP contribution in [0.25, 0.3) is 18.2 Å². The third-order valence-electron chi connectivity index (χ3n) is 3.51. The predicted octanol–water partition coefficient (Wildman–Crippen LogP) is 4.46. The molecule has 0 bridgehead atoms. The molecule has 108 valence electrons. The zero-order chi connectivity index (χ0) is 15.8. The highest BCUT2D eigenvalue weighted by molar-refractivity contribution is 5.83. The highest BCUT2D eigenvalue weighted by Crippen LogP contribution is 2.24. The van der Waals surface area contributed by atoms with E-state index in [1.807, 2.05) is 38.2 Å². The molecule has 0 heterocycles. The van der Waals surface area contributed by atoms with Crippen molar-refractivity contribution in [2.75, 3.05) is 0 Å². The summed E-state index contributed by atoms with van der Waals surface area (Å²) in [5.74, 6) is 0. The lowest BCUT2D eigenvalue weighted by Crippen LogP contribution is -2.26. The molecular formula is C21H24. The lowest BCUT2D eigenvalue weighted by atomic mass is 9.92. The number of allylic oxidation sites excluding steroid dienone is 8. The van der Waals surface area contributed by atoms with Gasteiger partial charge in [0.1, 0.15) is 0 Å². The molecule has 0 fully saturated rings. The minimum Gasteiger partial charge on any atom is -0.0990 e. The third kappa shape index (κ3) is 3.82. The standard InChI is InChI=1S/C21H24/c1-7-11-13-18(9-3)20(10-4)21-15-14-19(12-8-2)16(5)17(21)6/h7-15H,2-3,5H2,1,4,6H3/b11-7-,18-13+,19-12-,20-10-. The van der Waals surface area contributed by atoms with Crippen molar-refractivity contribution < 1.29 is 0 Å². The van der Waals surface area contributed by atoms with Crippen LogP contribution in [0.2, 0.25) is 0 Å². The molecule has 0 heteroatoms. The second-order valence-electron chi connectivity index (χ2n) is 4.76. The molecular weight excluding hydrogens is 252 g/mol. The van der Waals surface area contributed by atoms with E-state index in [1.54, 1.807) is 6.08 Å². The Balaban J connectivity index is 3.55. The number of hydrogen-bond acceptors (Lipinski definition) is 0. The quantitative estimate of drug-likeness (QED) is 0.696. The van der Waals surface area contributed by atoms with Crippen LogP contribution in [0.4, 0.5) is 0 Å². The Morgan fingerprint density at radius 1 is 1.14 bits per heavy atom. The molecule has 0 saturated heterocycles. The van der Waals surface area contributed by atoms with Gasteiger partial charge in [-0.1, -0.05) is 74.4 Å². The fourth-order valence-electron chi connectivity index (χ4n) is 2.30. The first kappa shape index (κ1) is 16.7. The van der Waals surface area contributed by atoms with Gasteiger partial charge in [-0.15, -0.1) is 0 Å². The van der Waals surface area contributed by atoms with Crippen molar-refractivity contribution in [3.63, 3.8) is 0 Å². The Hall–Kier alpha value is -2.34. The fourth-order valence-corrected chi connectivity index (χ4v) is 2.30. The number of hydrogen-bond donors (Lipinski definition) is 0. The first-order chi connectivity index (χ1) is 10.1. The molecule has 0 aliphatic heterocycles. The molecule has 1 aromatic rings. The Morgan fingerprint density at radius 2 is 1.86 bits per heavy atom. The van der Waals surface area contributed by atoms with Gasteiger partial charge in [0.2, 0.25) is 0 Å². The fraction of sp³-hybridized carbons (Fsp3) is 0.143. The average molecular weight is 276 g/mol. The van der Waals surface area contributed by atoms with Gasteiger partial charge >= 0.3 is 0 Å². The van der Waals surface area contributed by atoms with Crippen molar-refractivity contribution in [1.82, 2.24) is 0 Å². The Kier molecular flexibility index (Phi) is 6.42. The lowest BCUT2D eigenvalue weighted by molar-refractivity contribution is 1.34. The minimum absolute atomic E-state index is 1.04. The maximum Gasteiger partial charge on any atom is -0.0146 e. The Morgan fingerprint density at radius 3 is 2.38 bits per heavy atom. The SMILES string of the molecule is C=C/C=c1/ccc(C(=C\C)/C(C=C)=C/C=C\C)c(C)c1=C. The molecule has 1 rings (SSSR count). The Labute approximate surface area is 128 Å². The van der Waals surface area contributed by atoms with E-state index in [4.69, 9.17) is 0 Å². The summed E-state index contributed by atoms with van der Waals surface area (Å²) in [6.45, 7) is 18.0. The van der Waals surface area contributed by atoms with Crippen LogP contribution in [0.5, 0.6) is 0 Å². The van der Waals surface area contributed by atoms with Crippen molar-refractivity contribution in [2.24, 2.45) is 0 Å². The Bertz CT molecular complexity index is 722. The van der Waals surface area contributed by atoms with Gasteiger partial charge in [0.15, 0.2) is 0 Å². The normalized spacial score (nSPS) is 13.8. The number of benzene rings is 1. The average Bonchev–Trinajstić information content (AvgIpc) is 2.49. The van der Waals surface area contributed by atoms with Crippen LogP contribution in [0, 0.1) is 6.92 Å². The third-order valence-corrected chi connectivity index (χ3v) is 3.51. The van der Waals surface area contributed by atoms with E-state index < -0.39 is 0 Å². The molecule has 0 saturated carbocycles. The van der Waals surface area contributed by atoms with Crippen molar-refractivity contribution in [2.45, 2.75) is 20.8 Å². The van der Waals surface area contributed by atoms with Crippen LogP contribution >= 0.6 is 0 Å². The van der Waals surface area contributed by atoms with Crippen LogP contribution in [0.1, 0.15) is 25.0 Å². The number of rotatable bonds is 5. The summed E-state index contributed by atoms with van der Waals surface area (Å²) >= 11 is 0. The molecule has 21 heavy (non-hydrogen) atoms. The minimum atomic E-state index is 1.04. The van der Waals surface area contributed by atoms with Crippen molar-refractivity contribution in [3.05, 3.63) is 88.9 Å². The molecule has 0 amide bonds. The second kappa shape index (κ2) is 8.06. The summed E-state index contributed by atoms with van der Waals surface area (Å²) < 4.78 is 0. The van der Waals surface area contributed by atoms with E-state index in [1.165, 1.54) is 16.7 Å². The highest BCUT2D eigenvalue weighted by Gasteiger charge is 2.07. The van der Waals surface area contributed by atoms with E-state index in [2.05, 4.69) is 50.9 Å². The molecule has 0 spiro atoms. The van der Waals surface area contributed by atoms with Crippen molar-refractivity contribution in [1.29, 1.82) is 0 Å². The second-order valence-corrected chi connectivity index (χ2v) is 4.76. The van der Waals surface area contributed by atoms with E-state index in [0.717, 1.165) is 16.0 Å². The lowest BCUT2D eigenvalue weighted by Gasteiger charge is -2.12. The summed E-state index contributed by atoms with van der Waals surface area (Å²) in [7, 11) is 0. The molecule has 0 unspecified atom stereocenters. The molecule has 0 nitrogen and oxygen atoms in total. The topological polar surface area (TPSA) is 0 Å². The van der Waals surface area contributed by atoms with Gasteiger partial charge in [-0.2, -0.15) is 0 Å².